The number of carboxylic acid groups (broad SMARTS) is 1. The minimum atomic E-state index is -0.921. The molecule has 0 heterocycles. The average Bonchev–Trinajstić information content (AvgIpc) is 2.13. The Kier molecular flexibility index (Phi) is 6.37. The van der Waals surface area contributed by atoms with Crippen LogP contribution in [0, 0.1) is 0 Å². The van der Waals surface area contributed by atoms with Gasteiger partial charge in [0.05, 0.1) is 6.42 Å². The Bertz CT molecular complexity index is 282. The van der Waals surface area contributed by atoms with Crippen molar-refractivity contribution in [1.29, 1.82) is 0 Å². The molecule has 0 fully saturated rings. The summed E-state index contributed by atoms with van der Waals surface area (Å²) in [4.78, 5) is 24.1. The van der Waals surface area contributed by atoms with Gasteiger partial charge in [-0.1, -0.05) is 0 Å². The SMILES string of the molecule is CSCC(C)N(C)C(=O)NC(C)(C)CC(=O)O. The number of nitrogens with one attached hydrogen (secondary N) is 1. The maximum Gasteiger partial charge on any atom is 0.317 e. The van der Waals surface area contributed by atoms with Gasteiger partial charge in [-0.25, -0.2) is 4.79 Å². The third-order valence-corrected chi connectivity index (χ3v) is 3.24. The average molecular weight is 262 g/mol. The van der Waals surface area contributed by atoms with Gasteiger partial charge in [-0.3, -0.25) is 4.79 Å². The Balaban J connectivity index is 4.37. The molecule has 0 saturated carbocycles. The van der Waals surface area contributed by atoms with Crippen LogP contribution in [0.5, 0.6) is 0 Å². The third-order valence-electron chi connectivity index (χ3n) is 2.43. The molecule has 0 saturated heterocycles. The zero-order chi connectivity index (χ0) is 13.6. The van der Waals surface area contributed by atoms with E-state index in [1.165, 1.54) is 0 Å². The van der Waals surface area contributed by atoms with Gasteiger partial charge in [0, 0.05) is 24.4 Å². The number of hydrogen-bond donors (Lipinski definition) is 2. The van der Waals surface area contributed by atoms with Crippen molar-refractivity contribution in [2.24, 2.45) is 0 Å². The van der Waals surface area contributed by atoms with E-state index in [0.717, 1.165) is 5.75 Å². The van der Waals surface area contributed by atoms with E-state index < -0.39 is 11.5 Å². The lowest BCUT2D eigenvalue weighted by molar-refractivity contribution is -0.138. The zero-order valence-corrected chi connectivity index (χ0v) is 11.9. The maximum atomic E-state index is 11.9. The fourth-order valence-electron chi connectivity index (χ4n) is 1.35. The van der Waals surface area contributed by atoms with Gasteiger partial charge in [0.1, 0.15) is 0 Å². The fraction of sp³-hybridized carbons (Fsp3) is 0.818. The van der Waals surface area contributed by atoms with Crippen molar-refractivity contribution < 1.29 is 14.7 Å². The fourth-order valence-corrected chi connectivity index (χ4v) is 2.06. The van der Waals surface area contributed by atoms with Crippen LogP contribution in [0.1, 0.15) is 27.2 Å². The van der Waals surface area contributed by atoms with Crippen molar-refractivity contribution in [1.82, 2.24) is 10.2 Å². The Labute approximate surface area is 107 Å². The largest absolute Gasteiger partial charge is 0.481 e. The van der Waals surface area contributed by atoms with E-state index in [2.05, 4.69) is 5.32 Å². The molecule has 1 atom stereocenters. The van der Waals surface area contributed by atoms with Crippen LogP contribution in [0.4, 0.5) is 4.79 Å². The van der Waals surface area contributed by atoms with Crippen LogP contribution in [-0.2, 0) is 4.79 Å². The highest BCUT2D eigenvalue weighted by Gasteiger charge is 2.26. The quantitative estimate of drug-likeness (QED) is 0.763. The topological polar surface area (TPSA) is 69.6 Å². The molecule has 100 valence electrons. The van der Waals surface area contributed by atoms with E-state index in [1.54, 1.807) is 37.6 Å². The van der Waals surface area contributed by atoms with Crippen LogP contribution in [0.15, 0.2) is 0 Å². The molecule has 0 bridgehead atoms. The van der Waals surface area contributed by atoms with E-state index >= 15 is 0 Å². The molecule has 0 aromatic rings. The van der Waals surface area contributed by atoms with Gasteiger partial charge in [-0.15, -0.1) is 0 Å². The van der Waals surface area contributed by atoms with Crippen molar-refractivity contribution in [3.8, 4) is 0 Å². The van der Waals surface area contributed by atoms with Crippen molar-refractivity contribution in [3.05, 3.63) is 0 Å². The summed E-state index contributed by atoms with van der Waals surface area (Å²) in [7, 11) is 1.72. The molecule has 17 heavy (non-hydrogen) atoms. The Morgan fingerprint density at radius 1 is 1.47 bits per heavy atom. The first kappa shape index (κ1) is 16.1. The summed E-state index contributed by atoms with van der Waals surface area (Å²) < 4.78 is 0. The molecule has 0 aliphatic heterocycles. The van der Waals surface area contributed by atoms with E-state index in [-0.39, 0.29) is 18.5 Å². The molecule has 1 unspecified atom stereocenters. The maximum absolute atomic E-state index is 11.9. The molecule has 0 aromatic carbocycles. The Hall–Kier alpha value is -0.910. The van der Waals surface area contributed by atoms with Crippen molar-refractivity contribution in [3.63, 3.8) is 0 Å². The second-order valence-electron chi connectivity index (χ2n) is 4.80. The molecule has 5 nitrogen and oxygen atoms in total. The Morgan fingerprint density at radius 3 is 2.41 bits per heavy atom. The van der Waals surface area contributed by atoms with E-state index in [4.69, 9.17) is 5.11 Å². The van der Waals surface area contributed by atoms with Gasteiger partial charge in [-0.2, -0.15) is 11.8 Å². The van der Waals surface area contributed by atoms with Crippen LogP contribution in [0.3, 0.4) is 0 Å². The third kappa shape index (κ3) is 6.41. The lowest BCUT2D eigenvalue weighted by Crippen LogP contribution is -2.52. The number of nitrogens with zero attached hydrogens (tertiary/aromatic N) is 1. The molecule has 2 N–H and O–H groups in total. The van der Waals surface area contributed by atoms with Gasteiger partial charge in [-0.05, 0) is 27.0 Å². The lowest BCUT2D eigenvalue weighted by Gasteiger charge is -2.30. The number of carbonyl (C=O) groups excluding carboxylic acids is 1. The first-order valence-corrected chi connectivity index (χ1v) is 6.84. The van der Waals surface area contributed by atoms with Crippen molar-refractivity contribution >= 4 is 23.8 Å². The summed E-state index contributed by atoms with van der Waals surface area (Å²) in [5, 5.41) is 11.4. The number of thioether (sulfide) groups is 1. The normalized spacial score (nSPS) is 13.0. The van der Waals surface area contributed by atoms with E-state index in [0.29, 0.717) is 0 Å². The number of aliphatic carboxylic acids is 1. The van der Waals surface area contributed by atoms with E-state index in [9.17, 15) is 9.59 Å². The summed E-state index contributed by atoms with van der Waals surface area (Å²) in [6.45, 7) is 5.36. The predicted molar refractivity (Wildman–Crippen MR) is 70.5 cm³/mol. The molecule has 0 spiro atoms. The molecule has 0 radical (unpaired) electrons. The van der Waals surface area contributed by atoms with Crippen LogP contribution in [0.25, 0.3) is 0 Å². The van der Waals surface area contributed by atoms with Crippen LogP contribution in [0.2, 0.25) is 0 Å². The van der Waals surface area contributed by atoms with Gasteiger partial charge < -0.3 is 15.3 Å². The molecule has 0 aliphatic carbocycles. The van der Waals surface area contributed by atoms with Crippen LogP contribution >= 0.6 is 11.8 Å². The number of rotatable bonds is 6. The van der Waals surface area contributed by atoms with Gasteiger partial charge in [0.2, 0.25) is 0 Å². The van der Waals surface area contributed by atoms with Gasteiger partial charge >= 0.3 is 12.0 Å². The molecular formula is C11H22N2O3S. The number of hydrogen-bond acceptors (Lipinski definition) is 3. The highest BCUT2D eigenvalue weighted by atomic mass is 32.2. The molecule has 6 heteroatoms. The summed E-state index contributed by atoms with van der Waals surface area (Å²) in [5.74, 6) is -0.0707. The van der Waals surface area contributed by atoms with Gasteiger partial charge in [0.15, 0.2) is 0 Å². The molecule has 0 aromatic heterocycles. The predicted octanol–water partition coefficient (Wildman–Crippen LogP) is 1.63. The second kappa shape index (κ2) is 6.74. The molecule has 0 rings (SSSR count). The summed E-state index contributed by atoms with van der Waals surface area (Å²) in [6.07, 6.45) is 1.89. The van der Waals surface area contributed by atoms with Crippen molar-refractivity contribution in [2.75, 3.05) is 19.1 Å². The van der Waals surface area contributed by atoms with Crippen LogP contribution < -0.4 is 5.32 Å². The minimum absolute atomic E-state index is 0.0938. The molecular weight excluding hydrogens is 240 g/mol. The zero-order valence-electron chi connectivity index (χ0n) is 11.1. The smallest absolute Gasteiger partial charge is 0.317 e. The van der Waals surface area contributed by atoms with Gasteiger partial charge in [0.25, 0.3) is 0 Å². The first-order valence-electron chi connectivity index (χ1n) is 5.45. The number of carboxylic acids is 1. The second-order valence-corrected chi connectivity index (χ2v) is 5.71. The number of carbonyl (C=O) groups is 2. The van der Waals surface area contributed by atoms with Crippen molar-refractivity contribution in [2.45, 2.75) is 38.8 Å². The standard InChI is InChI=1S/C11H22N2O3S/c1-8(7-17-5)13(4)10(16)12-11(2,3)6-9(14)15/h8H,6-7H2,1-5H3,(H,12,16)(H,14,15). The highest BCUT2D eigenvalue weighted by molar-refractivity contribution is 7.98. The minimum Gasteiger partial charge on any atom is -0.481 e. The van der Waals surface area contributed by atoms with Crippen LogP contribution in [-0.4, -0.2) is 52.6 Å². The monoisotopic (exact) mass is 262 g/mol. The lowest BCUT2D eigenvalue weighted by atomic mass is 10.0. The number of amides is 2. The summed E-state index contributed by atoms with van der Waals surface area (Å²) in [5.41, 5.74) is -0.740. The van der Waals surface area contributed by atoms with E-state index in [1.807, 2.05) is 13.2 Å². The molecule has 0 aliphatic rings. The summed E-state index contributed by atoms with van der Waals surface area (Å²) in [6, 6.07) is -0.122. The number of urea groups is 1. The Morgan fingerprint density at radius 2 is 2.00 bits per heavy atom. The molecule has 2 amide bonds. The highest BCUT2D eigenvalue weighted by Crippen LogP contribution is 2.10. The summed E-state index contributed by atoms with van der Waals surface area (Å²) >= 11 is 1.67. The first-order chi connectivity index (χ1) is 7.69.